The Kier molecular flexibility index (Phi) is 10.7. The van der Waals surface area contributed by atoms with Crippen LogP contribution in [0, 0.1) is 23.2 Å². The molecule has 122 valence electrons. The van der Waals surface area contributed by atoms with Gasteiger partial charge in [-0.15, -0.1) is 0 Å². The van der Waals surface area contributed by atoms with Gasteiger partial charge >= 0.3 is 0 Å². The lowest BCUT2D eigenvalue weighted by Crippen LogP contribution is -2.27. The van der Waals surface area contributed by atoms with E-state index in [0.29, 0.717) is 5.41 Å². The summed E-state index contributed by atoms with van der Waals surface area (Å²) in [4.78, 5) is 0. The van der Waals surface area contributed by atoms with Crippen LogP contribution in [0.5, 0.6) is 0 Å². The molecule has 0 heteroatoms. The van der Waals surface area contributed by atoms with Crippen LogP contribution in [0.3, 0.4) is 0 Å². The van der Waals surface area contributed by atoms with E-state index in [-0.39, 0.29) is 0 Å². The molecule has 0 N–H and O–H groups in total. The first-order valence-electron chi connectivity index (χ1n) is 9.29. The summed E-state index contributed by atoms with van der Waals surface area (Å²) in [7, 11) is 0. The number of rotatable bonds is 12. The topological polar surface area (TPSA) is 0 Å². The van der Waals surface area contributed by atoms with Crippen LogP contribution in [-0.2, 0) is 0 Å². The zero-order chi connectivity index (χ0) is 15.6. The van der Waals surface area contributed by atoms with Crippen molar-refractivity contribution in [2.24, 2.45) is 23.2 Å². The minimum Gasteiger partial charge on any atom is -0.0654 e. The smallest absolute Gasteiger partial charge is 0.0323 e. The zero-order valence-corrected chi connectivity index (χ0v) is 15.6. The first kappa shape index (κ1) is 20.0. The third-order valence-electron chi connectivity index (χ3n) is 4.70. The standard InChI is InChI=1S/C20H42/c1-8-9-10-11-12-13-14-19(15-17(2)3)20(6,7)16-18(4)5/h17-19H,8-16H2,1-7H3. The SMILES string of the molecule is CCCCCCCCC(CC(C)C)C(C)(C)CC(C)C. The van der Waals surface area contributed by atoms with Gasteiger partial charge in [-0.25, -0.2) is 0 Å². The maximum absolute atomic E-state index is 2.51. The molecule has 1 atom stereocenters. The highest BCUT2D eigenvalue weighted by molar-refractivity contribution is 4.80. The van der Waals surface area contributed by atoms with Crippen molar-refractivity contribution in [2.75, 3.05) is 0 Å². The van der Waals surface area contributed by atoms with Crippen molar-refractivity contribution < 1.29 is 0 Å². The molecule has 0 aromatic carbocycles. The lowest BCUT2D eigenvalue weighted by molar-refractivity contribution is 0.134. The Morgan fingerprint density at radius 3 is 1.80 bits per heavy atom. The summed E-state index contributed by atoms with van der Waals surface area (Å²) in [5.74, 6) is 2.58. The number of hydrogen-bond donors (Lipinski definition) is 0. The fourth-order valence-electron chi connectivity index (χ4n) is 3.79. The molecule has 0 aromatic rings. The van der Waals surface area contributed by atoms with Crippen molar-refractivity contribution in [3.63, 3.8) is 0 Å². The Labute approximate surface area is 130 Å². The van der Waals surface area contributed by atoms with Crippen molar-refractivity contribution in [3.8, 4) is 0 Å². The second-order valence-corrected chi connectivity index (χ2v) is 8.47. The van der Waals surface area contributed by atoms with Gasteiger partial charge in [0, 0.05) is 0 Å². The Bertz CT molecular complexity index is 212. The first-order chi connectivity index (χ1) is 9.29. The van der Waals surface area contributed by atoms with Gasteiger partial charge in [0.15, 0.2) is 0 Å². The van der Waals surface area contributed by atoms with Crippen molar-refractivity contribution in [2.45, 2.75) is 106 Å². The summed E-state index contributed by atoms with van der Waals surface area (Å²) >= 11 is 0. The minimum atomic E-state index is 0.516. The average Bonchev–Trinajstić information content (AvgIpc) is 2.29. The van der Waals surface area contributed by atoms with Gasteiger partial charge < -0.3 is 0 Å². The predicted molar refractivity (Wildman–Crippen MR) is 94.2 cm³/mol. The number of unbranched alkanes of at least 4 members (excludes halogenated alkanes) is 5. The second kappa shape index (κ2) is 10.7. The van der Waals surface area contributed by atoms with Crippen LogP contribution in [-0.4, -0.2) is 0 Å². The normalized spacial score (nSPS) is 14.2. The van der Waals surface area contributed by atoms with E-state index in [2.05, 4.69) is 48.5 Å². The monoisotopic (exact) mass is 282 g/mol. The van der Waals surface area contributed by atoms with Gasteiger partial charge in [0.1, 0.15) is 0 Å². The van der Waals surface area contributed by atoms with Gasteiger partial charge in [-0.05, 0) is 42.4 Å². The van der Waals surface area contributed by atoms with Crippen LogP contribution in [0.1, 0.15) is 106 Å². The Balaban J connectivity index is 4.20. The fourth-order valence-corrected chi connectivity index (χ4v) is 3.79. The van der Waals surface area contributed by atoms with E-state index < -0.39 is 0 Å². The Morgan fingerprint density at radius 1 is 0.750 bits per heavy atom. The molecule has 20 heavy (non-hydrogen) atoms. The molecule has 0 heterocycles. The highest BCUT2D eigenvalue weighted by atomic mass is 14.3. The molecule has 0 aliphatic rings. The minimum absolute atomic E-state index is 0.516. The van der Waals surface area contributed by atoms with E-state index >= 15 is 0 Å². The summed E-state index contributed by atoms with van der Waals surface area (Å²) in [6, 6.07) is 0. The van der Waals surface area contributed by atoms with Crippen molar-refractivity contribution >= 4 is 0 Å². The third-order valence-corrected chi connectivity index (χ3v) is 4.70. The van der Waals surface area contributed by atoms with E-state index in [1.54, 1.807) is 0 Å². The molecule has 0 amide bonds. The average molecular weight is 283 g/mol. The molecule has 0 nitrogen and oxygen atoms in total. The van der Waals surface area contributed by atoms with E-state index in [4.69, 9.17) is 0 Å². The lowest BCUT2D eigenvalue weighted by Gasteiger charge is -2.37. The molecule has 0 aliphatic carbocycles. The van der Waals surface area contributed by atoms with Crippen LogP contribution >= 0.6 is 0 Å². The lowest BCUT2D eigenvalue weighted by atomic mass is 9.68. The third kappa shape index (κ3) is 9.83. The van der Waals surface area contributed by atoms with Crippen LogP contribution < -0.4 is 0 Å². The van der Waals surface area contributed by atoms with Gasteiger partial charge in [-0.2, -0.15) is 0 Å². The molecule has 1 unspecified atom stereocenters. The molecule has 0 saturated carbocycles. The highest BCUT2D eigenvalue weighted by Gasteiger charge is 2.30. The van der Waals surface area contributed by atoms with Crippen LogP contribution in [0.4, 0.5) is 0 Å². The van der Waals surface area contributed by atoms with Crippen molar-refractivity contribution in [1.82, 2.24) is 0 Å². The summed E-state index contributed by atoms with van der Waals surface area (Å²) in [5, 5.41) is 0. The van der Waals surface area contributed by atoms with Crippen LogP contribution in [0.15, 0.2) is 0 Å². The summed E-state index contributed by atoms with van der Waals surface area (Å²) in [5.41, 5.74) is 0.516. The molecule has 0 rings (SSSR count). The quantitative estimate of drug-likeness (QED) is 0.326. The Hall–Kier alpha value is 0. The fraction of sp³-hybridized carbons (Fsp3) is 1.00. The molecular weight excluding hydrogens is 240 g/mol. The highest BCUT2D eigenvalue weighted by Crippen LogP contribution is 2.40. The predicted octanol–water partition coefficient (Wildman–Crippen LogP) is 7.47. The van der Waals surface area contributed by atoms with Gasteiger partial charge in [0.2, 0.25) is 0 Å². The largest absolute Gasteiger partial charge is 0.0654 e. The molecule has 0 saturated heterocycles. The summed E-state index contributed by atoms with van der Waals surface area (Å²) < 4.78 is 0. The first-order valence-corrected chi connectivity index (χ1v) is 9.29. The molecular formula is C20H42. The maximum atomic E-state index is 2.51. The summed E-state index contributed by atoms with van der Waals surface area (Å²) in [6.07, 6.45) is 12.8. The molecule has 0 aliphatic heterocycles. The van der Waals surface area contributed by atoms with Gasteiger partial charge in [0.25, 0.3) is 0 Å². The summed E-state index contributed by atoms with van der Waals surface area (Å²) in [6.45, 7) is 16.8. The number of hydrogen-bond acceptors (Lipinski definition) is 0. The van der Waals surface area contributed by atoms with E-state index in [9.17, 15) is 0 Å². The molecule has 0 bridgehead atoms. The van der Waals surface area contributed by atoms with E-state index in [1.165, 1.54) is 57.8 Å². The van der Waals surface area contributed by atoms with Gasteiger partial charge in [0.05, 0.1) is 0 Å². The van der Waals surface area contributed by atoms with Crippen LogP contribution in [0.25, 0.3) is 0 Å². The van der Waals surface area contributed by atoms with Crippen molar-refractivity contribution in [1.29, 1.82) is 0 Å². The molecule has 0 radical (unpaired) electrons. The van der Waals surface area contributed by atoms with Crippen molar-refractivity contribution in [3.05, 3.63) is 0 Å². The van der Waals surface area contributed by atoms with Gasteiger partial charge in [-0.3, -0.25) is 0 Å². The van der Waals surface area contributed by atoms with Crippen LogP contribution in [0.2, 0.25) is 0 Å². The van der Waals surface area contributed by atoms with E-state index in [1.807, 2.05) is 0 Å². The maximum Gasteiger partial charge on any atom is -0.0323 e. The molecule has 0 aromatic heterocycles. The molecule has 0 spiro atoms. The second-order valence-electron chi connectivity index (χ2n) is 8.47. The molecule has 0 fully saturated rings. The van der Waals surface area contributed by atoms with Gasteiger partial charge in [-0.1, -0.05) is 87.0 Å². The zero-order valence-electron chi connectivity index (χ0n) is 15.6. The Morgan fingerprint density at radius 2 is 1.30 bits per heavy atom. The van der Waals surface area contributed by atoms with E-state index in [0.717, 1.165) is 17.8 Å².